The van der Waals surface area contributed by atoms with Crippen molar-refractivity contribution in [1.82, 2.24) is 4.90 Å². The summed E-state index contributed by atoms with van der Waals surface area (Å²) in [6.45, 7) is 3.91. The molecule has 3 nitrogen and oxygen atoms in total. The topological polar surface area (TPSA) is 37.4 Å². The molecule has 0 saturated carbocycles. The van der Waals surface area contributed by atoms with Crippen LogP contribution in [0, 0.1) is 5.82 Å². The van der Waals surface area contributed by atoms with Gasteiger partial charge in [-0.3, -0.25) is 4.90 Å². The van der Waals surface area contributed by atoms with Gasteiger partial charge in [0.1, 0.15) is 15.7 Å². The molecule has 0 N–H and O–H groups in total. The molecule has 1 saturated heterocycles. The summed E-state index contributed by atoms with van der Waals surface area (Å²) < 4.78 is 35.2. The molecule has 0 spiro atoms. The van der Waals surface area contributed by atoms with E-state index in [0.717, 1.165) is 19.5 Å². The summed E-state index contributed by atoms with van der Waals surface area (Å²) in [7, 11) is -2.87. The van der Waals surface area contributed by atoms with Gasteiger partial charge in [0.2, 0.25) is 0 Å². The summed E-state index contributed by atoms with van der Waals surface area (Å²) in [5.41, 5.74) is 1.17. The van der Waals surface area contributed by atoms with Gasteiger partial charge in [-0.05, 0) is 49.9 Å². The fourth-order valence-electron chi connectivity index (χ4n) is 2.92. The van der Waals surface area contributed by atoms with Gasteiger partial charge >= 0.3 is 0 Å². The molecule has 1 fully saturated rings. The number of nitrogens with zero attached hydrogens (tertiary/aromatic N) is 1. The van der Waals surface area contributed by atoms with E-state index in [-0.39, 0.29) is 11.6 Å². The van der Waals surface area contributed by atoms with Crippen molar-refractivity contribution in [2.45, 2.75) is 31.7 Å². The van der Waals surface area contributed by atoms with Gasteiger partial charge in [-0.15, -0.1) is 0 Å². The molecule has 1 aromatic rings. The van der Waals surface area contributed by atoms with Gasteiger partial charge in [0.25, 0.3) is 0 Å². The van der Waals surface area contributed by atoms with Crippen molar-refractivity contribution < 1.29 is 12.8 Å². The molecule has 0 aromatic heterocycles. The second-order valence-electron chi connectivity index (χ2n) is 5.81. The maximum absolute atomic E-state index is 12.9. The second-order valence-corrected chi connectivity index (χ2v) is 8.07. The SMILES string of the molecule is C[C@H]1C[C@H](c2ccc(F)cc2)CN1CCCS(C)(=O)=O. The first-order valence-corrected chi connectivity index (χ1v) is 9.08. The molecule has 0 radical (unpaired) electrons. The first-order valence-electron chi connectivity index (χ1n) is 7.02. The minimum absolute atomic E-state index is 0.204. The molecular weight excluding hydrogens is 277 g/mol. The lowest BCUT2D eigenvalue weighted by atomic mass is 9.97. The molecule has 2 atom stereocenters. The van der Waals surface area contributed by atoms with Crippen LogP contribution in [0.2, 0.25) is 0 Å². The van der Waals surface area contributed by atoms with Crippen LogP contribution >= 0.6 is 0 Å². The number of sulfone groups is 1. The van der Waals surface area contributed by atoms with Crippen molar-refractivity contribution in [2.24, 2.45) is 0 Å². The summed E-state index contributed by atoms with van der Waals surface area (Å²) >= 11 is 0. The van der Waals surface area contributed by atoms with E-state index < -0.39 is 9.84 Å². The standard InChI is InChI=1S/C15H22FNO2S/c1-12-10-14(13-4-6-15(16)7-5-13)11-17(12)8-3-9-20(2,18)19/h4-7,12,14H,3,8-11H2,1-2H3/t12-,14-/m0/s1. The van der Waals surface area contributed by atoms with Crippen molar-refractivity contribution in [3.05, 3.63) is 35.6 Å². The molecular formula is C15H22FNO2S. The van der Waals surface area contributed by atoms with Gasteiger partial charge < -0.3 is 0 Å². The summed E-state index contributed by atoms with van der Waals surface area (Å²) in [5, 5.41) is 0. The first-order chi connectivity index (χ1) is 9.35. The van der Waals surface area contributed by atoms with Crippen LogP contribution in [0.5, 0.6) is 0 Å². The van der Waals surface area contributed by atoms with Gasteiger partial charge in [-0.25, -0.2) is 12.8 Å². The average molecular weight is 299 g/mol. The molecule has 20 heavy (non-hydrogen) atoms. The Kier molecular flexibility index (Phi) is 4.81. The van der Waals surface area contributed by atoms with Crippen LogP contribution < -0.4 is 0 Å². The Labute approximate surface area is 120 Å². The van der Waals surface area contributed by atoms with Gasteiger partial charge in [0.05, 0.1) is 5.75 Å². The fraction of sp³-hybridized carbons (Fsp3) is 0.600. The van der Waals surface area contributed by atoms with Gasteiger partial charge in [0.15, 0.2) is 0 Å². The lowest BCUT2D eigenvalue weighted by Crippen LogP contribution is -2.29. The Morgan fingerprint density at radius 1 is 1.30 bits per heavy atom. The fourth-order valence-corrected chi connectivity index (χ4v) is 3.57. The molecule has 1 aliphatic rings. The lowest BCUT2D eigenvalue weighted by Gasteiger charge is -2.20. The van der Waals surface area contributed by atoms with E-state index in [9.17, 15) is 12.8 Å². The average Bonchev–Trinajstić information content (AvgIpc) is 2.70. The maximum atomic E-state index is 12.9. The van der Waals surface area contributed by atoms with Crippen molar-refractivity contribution in [3.63, 3.8) is 0 Å². The van der Waals surface area contributed by atoms with Crippen molar-refractivity contribution in [3.8, 4) is 0 Å². The third kappa shape index (κ3) is 4.28. The molecule has 112 valence electrons. The maximum Gasteiger partial charge on any atom is 0.147 e. The lowest BCUT2D eigenvalue weighted by molar-refractivity contribution is 0.268. The molecule has 0 aliphatic carbocycles. The Bertz CT molecular complexity index is 541. The van der Waals surface area contributed by atoms with E-state index in [4.69, 9.17) is 0 Å². The second kappa shape index (κ2) is 6.22. The largest absolute Gasteiger partial charge is 0.300 e. The highest BCUT2D eigenvalue weighted by Crippen LogP contribution is 2.31. The number of benzene rings is 1. The summed E-state index contributed by atoms with van der Waals surface area (Å²) in [6, 6.07) is 7.17. The Morgan fingerprint density at radius 2 is 1.95 bits per heavy atom. The highest BCUT2D eigenvalue weighted by atomic mass is 32.2. The molecule has 0 unspecified atom stereocenters. The smallest absolute Gasteiger partial charge is 0.147 e. The third-order valence-electron chi connectivity index (χ3n) is 4.01. The van der Waals surface area contributed by atoms with Crippen molar-refractivity contribution in [2.75, 3.05) is 25.1 Å². The molecule has 1 aromatic carbocycles. The minimum atomic E-state index is -2.87. The molecule has 0 bridgehead atoms. The van der Waals surface area contributed by atoms with Gasteiger partial charge in [-0.1, -0.05) is 12.1 Å². The van der Waals surface area contributed by atoms with Crippen molar-refractivity contribution in [1.29, 1.82) is 0 Å². The van der Waals surface area contributed by atoms with Crippen molar-refractivity contribution >= 4 is 9.84 Å². The summed E-state index contributed by atoms with van der Waals surface area (Å²) in [6.07, 6.45) is 3.01. The number of hydrogen-bond acceptors (Lipinski definition) is 3. The van der Waals surface area contributed by atoms with E-state index in [2.05, 4.69) is 11.8 Å². The molecule has 5 heteroatoms. The van der Waals surface area contributed by atoms with E-state index in [1.165, 1.54) is 24.0 Å². The monoisotopic (exact) mass is 299 g/mol. The zero-order valence-electron chi connectivity index (χ0n) is 12.0. The van der Waals surface area contributed by atoms with Crippen LogP contribution in [-0.2, 0) is 9.84 Å². The van der Waals surface area contributed by atoms with Gasteiger partial charge in [0, 0.05) is 18.8 Å². The minimum Gasteiger partial charge on any atom is -0.300 e. The van der Waals surface area contributed by atoms with Crippen LogP contribution in [0.3, 0.4) is 0 Å². The zero-order chi connectivity index (χ0) is 14.8. The van der Waals surface area contributed by atoms with E-state index in [1.54, 1.807) is 0 Å². The third-order valence-corrected chi connectivity index (χ3v) is 5.04. The van der Waals surface area contributed by atoms with Crippen LogP contribution in [0.25, 0.3) is 0 Å². The van der Waals surface area contributed by atoms with Crippen LogP contribution in [0.4, 0.5) is 4.39 Å². The normalized spacial score (nSPS) is 24.1. The highest BCUT2D eigenvalue weighted by Gasteiger charge is 2.29. The number of halogens is 1. The van der Waals surface area contributed by atoms with E-state index in [0.29, 0.717) is 18.4 Å². The Morgan fingerprint density at radius 3 is 2.55 bits per heavy atom. The Hall–Kier alpha value is -0.940. The first kappa shape index (κ1) is 15.4. The van der Waals surface area contributed by atoms with E-state index >= 15 is 0 Å². The predicted octanol–water partition coefficient (Wildman–Crippen LogP) is 2.44. The quantitative estimate of drug-likeness (QED) is 0.838. The highest BCUT2D eigenvalue weighted by molar-refractivity contribution is 7.90. The molecule has 0 amide bonds. The molecule has 2 rings (SSSR count). The number of likely N-dealkylation sites (tertiary alicyclic amines) is 1. The summed E-state index contributed by atoms with van der Waals surface area (Å²) in [4.78, 5) is 2.33. The predicted molar refractivity (Wildman–Crippen MR) is 79.1 cm³/mol. The summed E-state index contributed by atoms with van der Waals surface area (Å²) in [5.74, 6) is 0.464. The van der Waals surface area contributed by atoms with Gasteiger partial charge in [-0.2, -0.15) is 0 Å². The van der Waals surface area contributed by atoms with Crippen LogP contribution in [-0.4, -0.2) is 44.5 Å². The number of hydrogen-bond donors (Lipinski definition) is 0. The van der Waals surface area contributed by atoms with E-state index in [1.807, 2.05) is 12.1 Å². The molecule has 1 aliphatic heterocycles. The van der Waals surface area contributed by atoms with Crippen LogP contribution in [0.15, 0.2) is 24.3 Å². The van der Waals surface area contributed by atoms with Crippen LogP contribution in [0.1, 0.15) is 31.2 Å². The Balaban J connectivity index is 1.90. The zero-order valence-corrected chi connectivity index (χ0v) is 12.9. The molecule has 1 heterocycles. The number of rotatable bonds is 5.